The molecule has 0 spiro atoms. The Hall–Kier alpha value is -0.570. The van der Waals surface area contributed by atoms with Crippen molar-refractivity contribution in [3.05, 3.63) is 0 Å². The van der Waals surface area contributed by atoms with Gasteiger partial charge in [-0.25, -0.2) is 0 Å². The molecule has 1 heterocycles. The highest BCUT2D eigenvalue weighted by molar-refractivity contribution is 5.76. The van der Waals surface area contributed by atoms with Crippen molar-refractivity contribution < 1.29 is 4.79 Å². The molecule has 19 heavy (non-hydrogen) atoms. The minimum Gasteiger partial charge on any atom is -0.342 e. The largest absolute Gasteiger partial charge is 0.342 e. The number of nitrogens with one attached hydrogen (secondary N) is 1. The van der Waals surface area contributed by atoms with Gasteiger partial charge in [-0.15, -0.1) is 0 Å². The molecule has 1 N–H and O–H groups in total. The molecule has 2 aliphatic carbocycles. The summed E-state index contributed by atoms with van der Waals surface area (Å²) in [5, 5.41) is 3.45. The first-order valence-corrected chi connectivity index (χ1v) is 8.30. The van der Waals surface area contributed by atoms with Crippen LogP contribution >= 0.6 is 0 Å². The average molecular weight is 264 g/mol. The van der Waals surface area contributed by atoms with E-state index in [0.29, 0.717) is 5.91 Å². The van der Waals surface area contributed by atoms with Gasteiger partial charge in [0.05, 0.1) is 0 Å². The molecular formula is C16H28N2O. The molecule has 1 atom stereocenters. The summed E-state index contributed by atoms with van der Waals surface area (Å²) in [6.07, 6.45) is 9.87. The van der Waals surface area contributed by atoms with Gasteiger partial charge in [0.15, 0.2) is 0 Å². The van der Waals surface area contributed by atoms with Gasteiger partial charge in [-0.1, -0.05) is 0 Å². The third kappa shape index (κ3) is 4.48. The van der Waals surface area contributed by atoms with Gasteiger partial charge in [0.1, 0.15) is 0 Å². The predicted molar refractivity (Wildman–Crippen MR) is 76.9 cm³/mol. The van der Waals surface area contributed by atoms with E-state index >= 15 is 0 Å². The van der Waals surface area contributed by atoms with Gasteiger partial charge in [0.2, 0.25) is 5.91 Å². The highest BCUT2D eigenvalue weighted by atomic mass is 16.2. The van der Waals surface area contributed by atoms with Crippen molar-refractivity contribution in [2.24, 2.45) is 17.8 Å². The lowest BCUT2D eigenvalue weighted by molar-refractivity contribution is -0.132. The van der Waals surface area contributed by atoms with Crippen molar-refractivity contribution >= 4 is 5.91 Å². The fourth-order valence-corrected chi connectivity index (χ4v) is 3.16. The topological polar surface area (TPSA) is 32.3 Å². The average Bonchev–Trinajstić information content (AvgIpc) is 3.31. The maximum Gasteiger partial charge on any atom is 0.222 e. The zero-order chi connectivity index (χ0) is 13.1. The van der Waals surface area contributed by atoms with Crippen molar-refractivity contribution in [2.75, 3.05) is 26.2 Å². The summed E-state index contributed by atoms with van der Waals surface area (Å²) in [7, 11) is 0. The molecular weight excluding hydrogens is 236 g/mol. The lowest BCUT2D eigenvalue weighted by Crippen LogP contribution is -2.36. The number of piperidine rings is 1. The summed E-state index contributed by atoms with van der Waals surface area (Å²) in [6.45, 7) is 4.40. The molecule has 108 valence electrons. The third-order valence-electron chi connectivity index (χ3n) is 4.87. The van der Waals surface area contributed by atoms with Gasteiger partial charge in [0.25, 0.3) is 0 Å². The van der Waals surface area contributed by atoms with E-state index in [1.807, 2.05) is 0 Å². The van der Waals surface area contributed by atoms with E-state index in [1.54, 1.807) is 0 Å². The van der Waals surface area contributed by atoms with Crippen LogP contribution in [0.4, 0.5) is 0 Å². The Kier molecular flexibility index (Phi) is 4.42. The van der Waals surface area contributed by atoms with Crippen LogP contribution in [0, 0.1) is 17.8 Å². The second-order valence-corrected chi connectivity index (χ2v) is 6.94. The van der Waals surface area contributed by atoms with Crippen LogP contribution in [-0.4, -0.2) is 37.0 Å². The molecule has 3 heteroatoms. The summed E-state index contributed by atoms with van der Waals surface area (Å²) in [5.74, 6) is 2.84. The Labute approximate surface area is 117 Å². The van der Waals surface area contributed by atoms with Crippen LogP contribution in [0.25, 0.3) is 0 Å². The summed E-state index contributed by atoms with van der Waals surface area (Å²) < 4.78 is 0. The van der Waals surface area contributed by atoms with Crippen molar-refractivity contribution in [1.82, 2.24) is 10.2 Å². The summed E-state index contributed by atoms with van der Waals surface area (Å²) in [4.78, 5) is 14.6. The van der Waals surface area contributed by atoms with Gasteiger partial charge in [0, 0.05) is 19.5 Å². The smallest absolute Gasteiger partial charge is 0.222 e. The molecule has 0 aromatic rings. The first kappa shape index (κ1) is 13.4. The van der Waals surface area contributed by atoms with Crippen LogP contribution in [0.3, 0.4) is 0 Å². The Bertz CT molecular complexity index is 290. The quantitative estimate of drug-likeness (QED) is 0.766. The maximum absolute atomic E-state index is 12.4. The van der Waals surface area contributed by atoms with Crippen LogP contribution < -0.4 is 5.32 Å². The Morgan fingerprint density at radius 3 is 2.21 bits per heavy atom. The van der Waals surface area contributed by atoms with E-state index in [4.69, 9.17) is 0 Å². The van der Waals surface area contributed by atoms with Crippen molar-refractivity contribution in [1.29, 1.82) is 0 Å². The van der Waals surface area contributed by atoms with Gasteiger partial charge in [-0.2, -0.15) is 0 Å². The standard InChI is InChI=1S/C16H28N2O/c19-16(8-7-13-2-1-9-17-10-13)18(11-14-3-4-14)12-15-5-6-15/h13-15,17H,1-12H2. The highest BCUT2D eigenvalue weighted by Crippen LogP contribution is 2.34. The van der Waals surface area contributed by atoms with Crippen molar-refractivity contribution in [3.63, 3.8) is 0 Å². The lowest BCUT2D eigenvalue weighted by atomic mass is 9.94. The van der Waals surface area contributed by atoms with Crippen LogP contribution in [0.15, 0.2) is 0 Å². The van der Waals surface area contributed by atoms with E-state index < -0.39 is 0 Å². The molecule has 2 saturated carbocycles. The fourth-order valence-electron chi connectivity index (χ4n) is 3.16. The van der Waals surface area contributed by atoms with Gasteiger partial charge in [-0.05, 0) is 75.8 Å². The second-order valence-electron chi connectivity index (χ2n) is 6.94. The number of hydrogen-bond acceptors (Lipinski definition) is 2. The van der Waals surface area contributed by atoms with Gasteiger partial charge in [-0.3, -0.25) is 4.79 Å². The molecule has 3 aliphatic rings. The van der Waals surface area contributed by atoms with E-state index in [1.165, 1.54) is 45.1 Å². The first-order valence-electron chi connectivity index (χ1n) is 8.30. The summed E-state index contributed by atoms with van der Waals surface area (Å²) in [5.41, 5.74) is 0. The van der Waals surface area contributed by atoms with Crippen LogP contribution in [0.1, 0.15) is 51.4 Å². The fraction of sp³-hybridized carbons (Fsp3) is 0.938. The number of rotatable bonds is 7. The van der Waals surface area contributed by atoms with E-state index in [-0.39, 0.29) is 0 Å². The molecule has 0 radical (unpaired) electrons. The van der Waals surface area contributed by atoms with Crippen LogP contribution in [0.5, 0.6) is 0 Å². The van der Waals surface area contributed by atoms with E-state index in [9.17, 15) is 4.79 Å². The van der Waals surface area contributed by atoms with Gasteiger partial charge < -0.3 is 10.2 Å². The van der Waals surface area contributed by atoms with E-state index in [2.05, 4.69) is 10.2 Å². The molecule has 1 aliphatic heterocycles. The number of nitrogens with zero attached hydrogens (tertiary/aromatic N) is 1. The maximum atomic E-state index is 12.4. The van der Waals surface area contributed by atoms with Crippen LogP contribution in [-0.2, 0) is 4.79 Å². The Morgan fingerprint density at radius 2 is 1.68 bits per heavy atom. The third-order valence-corrected chi connectivity index (χ3v) is 4.87. The van der Waals surface area contributed by atoms with Crippen LogP contribution in [0.2, 0.25) is 0 Å². The molecule has 3 fully saturated rings. The molecule has 0 aromatic carbocycles. The Balaban J connectivity index is 1.42. The predicted octanol–water partition coefficient (Wildman–Crippen LogP) is 2.41. The molecule has 0 aromatic heterocycles. The first-order chi connectivity index (χ1) is 9.31. The highest BCUT2D eigenvalue weighted by Gasteiger charge is 2.31. The number of carbonyl (C=O) groups is 1. The van der Waals surface area contributed by atoms with Crippen molar-refractivity contribution in [3.8, 4) is 0 Å². The molecule has 1 saturated heterocycles. The summed E-state index contributed by atoms with van der Waals surface area (Å²) >= 11 is 0. The normalized spacial score (nSPS) is 27.3. The summed E-state index contributed by atoms with van der Waals surface area (Å²) in [6, 6.07) is 0. The molecule has 1 amide bonds. The minimum atomic E-state index is 0.435. The second kappa shape index (κ2) is 6.25. The molecule has 0 bridgehead atoms. The molecule has 3 rings (SSSR count). The minimum absolute atomic E-state index is 0.435. The lowest BCUT2D eigenvalue weighted by Gasteiger charge is -2.26. The number of hydrogen-bond donors (Lipinski definition) is 1. The number of carbonyl (C=O) groups excluding carboxylic acids is 1. The Morgan fingerprint density at radius 1 is 1.00 bits per heavy atom. The molecule has 3 nitrogen and oxygen atoms in total. The van der Waals surface area contributed by atoms with E-state index in [0.717, 1.165) is 50.2 Å². The zero-order valence-corrected chi connectivity index (χ0v) is 12.1. The SMILES string of the molecule is O=C(CCC1CCCNC1)N(CC1CC1)CC1CC1. The number of amides is 1. The zero-order valence-electron chi connectivity index (χ0n) is 12.1. The van der Waals surface area contributed by atoms with Gasteiger partial charge >= 0.3 is 0 Å². The molecule has 1 unspecified atom stereocenters. The van der Waals surface area contributed by atoms with Crippen molar-refractivity contribution in [2.45, 2.75) is 51.4 Å². The monoisotopic (exact) mass is 264 g/mol.